The molecule has 3 aromatic rings. The van der Waals surface area contributed by atoms with Crippen LogP contribution in [0.25, 0.3) is 11.4 Å². The molecule has 10 heteroatoms. The molecule has 0 saturated heterocycles. The number of carbonyl (C=O) groups is 1. The van der Waals surface area contributed by atoms with Gasteiger partial charge in [0.15, 0.2) is 22.5 Å². The molecule has 0 bridgehead atoms. The number of hydrazone groups is 1. The van der Waals surface area contributed by atoms with Crippen molar-refractivity contribution in [1.29, 1.82) is 0 Å². The summed E-state index contributed by atoms with van der Waals surface area (Å²) in [4.78, 5) is 12.2. The van der Waals surface area contributed by atoms with Gasteiger partial charge < -0.3 is 18.8 Å². The van der Waals surface area contributed by atoms with Crippen molar-refractivity contribution in [3.8, 4) is 28.6 Å². The number of methoxy groups -OCH3 is 3. The van der Waals surface area contributed by atoms with Crippen molar-refractivity contribution in [2.45, 2.75) is 18.6 Å². The fraction of sp³-hybridized carbons (Fsp3) is 0.273. The summed E-state index contributed by atoms with van der Waals surface area (Å²) in [5.41, 5.74) is 4.19. The van der Waals surface area contributed by atoms with Crippen LogP contribution in [0.4, 0.5) is 0 Å². The number of nitrogens with one attached hydrogen (secondary N) is 1. The van der Waals surface area contributed by atoms with E-state index in [0.717, 1.165) is 16.9 Å². The summed E-state index contributed by atoms with van der Waals surface area (Å²) in [5, 5.41) is 13.2. The van der Waals surface area contributed by atoms with Gasteiger partial charge in [-0.05, 0) is 42.8 Å². The van der Waals surface area contributed by atoms with Gasteiger partial charge in [0.2, 0.25) is 0 Å². The van der Waals surface area contributed by atoms with E-state index in [-0.39, 0.29) is 11.7 Å². The van der Waals surface area contributed by atoms with Crippen LogP contribution in [0, 0.1) is 0 Å². The highest BCUT2D eigenvalue weighted by molar-refractivity contribution is 7.99. The molecule has 1 amide bonds. The molecule has 0 fully saturated rings. The third kappa shape index (κ3) is 5.58. The summed E-state index contributed by atoms with van der Waals surface area (Å²) >= 11 is 1.29. The Bertz CT molecular complexity index is 1100. The fourth-order valence-corrected chi connectivity index (χ4v) is 3.73. The lowest BCUT2D eigenvalue weighted by Gasteiger charge is -2.10. The van der Waals surface area contributed by atoms with Gasteiger partial charge in [-0.25, -0.2) is 5.43 Å². The number of thioether (sulfide) groups is 1. The van der Waals surface area contributed by atoms with Crippen LogP contribution in [0.3, 0.4) is 0 Å². The van der Waals surface area contributed by atoms with E-state index in [1.165, 1.54) is 11.8 Å². The van der Waals surface area contributed by atoms with Crippen LogP contribution < -0.4 is 19.6 Å². The van der Waals surface area contributed by atoms with E-state index in [1.807, 2.05) is 54.0 Å². The van der Waals surface area contributed by atoms with E-state index in [9.17, 15) is 4.79 Å². The summed E-state index contributed by atoms with van der Waals surface area (Å²) < 4.78 is 17.8. The first-order valence-corrected chi connectivity index (χ1v) is 10.8. The smallest absolute Gasteiger partial charge is 0.250 e. The van der Waals surface area contributed by atoms with Crippen LogP contribution in [0.2, 0.25) is 0 Å². The van der Waals surface area contributed by atoms with Crippen molar-refractivity contribution in [2.24, 2.45) is 5.10 Å². The van der Waals surface area contributed by atoms with Crippen LogP contribution >= 0.6 is 11.8 Å². The number of ether oxygens (including phenoxy) is 3. The van der Waals surface area contributed by atoms with E-state index in [2.05, 4.69) is 20.7 Å². The average molecular weight is 456 g/mol. The van der Waals surface area contributed by atoms with Crippen LogP contribution in [-0.2, 0) is 11.3 Å². The lowest BCUT2D eigenvalue weighted by atomic mass is 10.2. The van der Waals surface area contributed by atoms with Gasteiger partial charge in [-0.15, -0.1) is 10.2 Å². The van der Waals surface area contributed by atoms with Crippen LogP contribution in [0.15, 0.2) is 52.7 Å². The van der Waals surface area contributed by atoms with Crippen molar-refractivity contribution in [3.05, 3.63) is 48.0 Å². The van der Waals surface area contributed by atoms with Crippen LogP contribution in [0.1, 0.15) is 12.5 Å². The summed E-state index contributed by atoms with van der Waals surface area (Å²) in [7, 11) is 4.77. The molecule has 32 heavy (non-hydrogen) atoms. The second-order valence-electron chi connectivity index (χ2n) is 6.48. The van der Waals surface area contributed by atoms with Crippen molar-refractivity contribution >= 4 is 23.9 Å². The van der Waals surface area contributed by atoms with Crippen molar-refractivity contribution < 1.29 is 19.0 Å². The molecule has 0 aliphatic carbocycles. The minimum Gasteiger partial charge on any atom is -0.497 e. The van der Waals surface area contributed by atoms with E-state index < -0.39 is 0 Å². The first-order chi connectivity index (χ1) is 15.6. The highest BCUT2D eigenvalue weighted by Crippen LogP contribution is 2.32. The number of aromatic nitrogens is 3. The van der Waals surface area contributed by atoms with Gasteiger partial charge >= 0.3 is 0 Å². The second kappa shape index (κ2) is 11.2. The molecule has 2 aromatic carbocycles. The van der Waals surface area contributed by atoms with Crippen LogP contribution in [0.5, 0.6) is 17.2 Å². The first-order valence-electron chi connectivity index (χ1n) is 9.84. The number of amides is 1. The standard InChI is InChI=1S/C22H25N5O4S/c1-5-27-21(16-9-10-18(30-3)19(12-16)31-4)25-26-22(27)32-14-20(28)24-23-13-15-7-6-8-17(11-15)29-2/h6-13H,5,14H2,1-4H3,(H,24,28). The highest BCUT2D eigenvalue weighted by Gasteiger charge is 2.16. The minimum absolute atomic E-state index is 0.152. The average Bonchev–Trinajstić information content (AvgIpc) is 3.25. The zero-order valence-corrected chi connectivity index (χ0v) is 19.2. The maximum absolute atomic E-state index is 12.2. The van der Waals surface area contributed by atoms with Gasteiger partial charge in [0, 0.05) is 12.1 Å². The van der Waals surface area contributed by atoms with E-state index in [4.69, 9.17) is 14.2 Å². The van der Waals surface area contributed by atoms with Gasteiger partial charge in [0.1, 0.15) is 5.75 Å². The monoisotopic (exact) mass is 455 g/mol. The molecule has 0 aliphatic heterocycles. The number of nitrogens with zero attached hydrogens (tertiary/aromatic N) is 4. The SMILES string of the molecule is CCn1c(SCC(=O)NN=Cc2cccc(OC)c2)nnc1-c1ccc(OC)c(OC)c1. The Hall–Kier alpha value is -3.53. The third-order valence-electron chi connectivity index (χ3n) is 4.50. The van der Waals surface area contributed by atoms with E-state index in [1.54, 1.807) is 27.5 Å². The van der Waals surface area contributed by atoms with E-state index >= 15 is 0 Å². The number of carbonyl (C=O) groups excluding carboxylic acids is 1. The Morgan fingerprint density at radius 2 is 1.91 bits per heavy atom. The van der Waals surface area contributed by atoms with Crippen molar-refractivity contribution in [3.63, 3.8) is 0 Å². The molecule has 0 radical (unpaired) electrons. The molecule has 0 saturated carbocycles. The lowest BCUT2D eigenvalue weighted by molar-refractivity contribution is -0.118. The minimum atomic E-state index is -0.243. The number of hydrogen-bond donors (Lipinski definition) is 1. The largest absolute Gasteiger partial charge is 0.497 e. The van der Waals surface area contributed by atoms with Crippen molar-refractivity contribution in [1.82, 2.24) is 20.2 Å². The maximum Gasteiger partial charge on any atom is 0.250 e. The van der Waals surface area contributed by atoms with Gasteiger partial charge in [0.25, 0.3) is 5.91 Å². The summed E-state index contributed by atoms with van der Waals surface area (Å²) in [6.07, 6.45) is 1.56. The Kier molecular flexibility index (Phi) is 8.09. The molecule has 0 atom stereocenters. The molecule has 9 nitrogen and oxygen atoms in total. The topological polar surface area (TPSA) is 99.9 Å². The molecule has 3 rings (SSSR count). The Morgan fingerprint density at radius 3 is 2.62 bits per heavy atom. The molecule has 1 N–H and O–H groups in total. The summed E-state index contributed by atoms with van der Waals surface area (Å²) in [5.74, 6) is 2.57. The van der Waals surface area contributed by atoms with Gasteiger partial charge in [-0.1, -0.05) is 23.9 Å². The quantitative estimate of drug-likeness (QED) is 0.285. The zero-order valence-electron chi connectivity index (χ0n) is 18.4. The fourth-order valence-electron chi connectivity index (χ4n) is 2.93. The molecule has 1 heterocycles. The summed E-state index contributed by atoms with van der Waals surface area (Å²) in [6, 6.07) is 13.0. The number of benzene rings is 2. The Labute approximate surface area is 190 Å². The second-order valence-corrected chi connectivity index (χ2v) is 7.42. The molecule has 0 unspecified atom stereocenters. The maximum atomic E-state index is 12.2. The van der Waals surface area contributed by atoms with Gasteiger partial charge in [-0.3, -0.25) is 4.79 Å². The molecular formula is C22H25N5O4S. The third-order valence-corrected chi connectivity index (χ3v) is 5.47. The normalized spacial score (nSPS) is 10.9. The Balaban J connectivity index is 1.64. The molecule has 1 aromatic heterocycles. The number of rotatable bonds is 10. The molecular weight excluding hydrogens is 430 g/mol. The predicted octanol–water partition coefficient (Wildman–Crippen LogP) is 3.23. The molecule has 168 valence electrons. The van der Waals surface area contributed by atoms with E-state index in [0.29, 0.717) is 29.0 Å². The first kappa shape index (κ1) is 23.1. The lowest BCUT2D eigenvalue weighted by Crippen LogP contribution is -2.20. The summed E-state index contributed by atoms with van der Waals surface area (Å²) in [6.45, 7) is 2.64. The zero-order chi connectivity index (χ0) is 22.9. The molecule has 0 aliphatic rings. The van der Waals surface area contributed by atoms with Gasteiger partial charge in [0.05, 0.1) is 33.3 Å². The number of hydrogen-bond acceptors (Lipinski definition) is 8. The van der Waals surface area contributed by atoms with Gasteiger partial charge in [-0.2, -0.15) is 5.10 Å². The Morgan fingerprint density at radius 1 is 1.09 bits per heavy atom. The predicted molar refractivity (Wildman–Crippen MR) is 124 cm³/mol. The molecule has 0 spiro atoms. The van der Waals surface area contributed by atoms with Crippen LogP contribution in [-0.4, -0.2) is 54.0 Å². The highest BCUT2D eigenvalue weighted by atomic mass is 32.2. The van der Waals surface area contributed by atoms with Crippen molar-refractivity contribution in [2.75, 3.05) is 27.1 Å².